The van der Waals surface area contributed by atoms with Gasteiger partial charge in [0.25, 0.3) is 0 Å². The first-order chi connectivity index (χ1) is 9.83. The molecule has 0 aromatic carbocycles. The second-order valence-electron chi connectivity index (χ2n) is 7.08. The fraction of sp³-hybridized carbons (Fsp3) is 0.842. The van der Waals surface area contributed by atoms with Gasteiger partial charge in [-0.05, 0) is 62.2 Å². The van der Waals surface area contributed by atoms with Crippen LogP contribution in [-0.4, -0.2) is 0 Å². The Morgan fingerprint density at radius 3 is 1.95 bits per heavy atom. The number of nitrogens with zero attached hydrogens (tertiary/aromatic N) is 1. The molecule has 0 spiro atoms. The molecule has 0 atom stereocenters. The van der Waals surface area contributed by atoms with Gasteiger partial charge in [-0.1, -0.05) is 45.1 Å². The summed E-state index contributed by atoms with van der Waals surface area (Å²) >= 11 is 0. The van der Waals surface area contributed by atoms with Crippen LogP contribution in [0.1, 0.15) is 77.6 Å². The van der Waals surface area contributed by atoms with E-state index in [0.717, 1.165) is 30.1 Å². The van der Waals surface area contributed by atoms with E-state index in [4.69, 9.17) is 5.26 Å². The predicted octanol–water partition coefficient (Wildman–Crippen LogP) is 5.87. The highest BCUT2D eigenvalue weighted by atomic mass is 14.4. The Hall–Kier alpha value is -0.770. The molecule has 0 radical (unpaired) electrons. The van der Waals surface area contributed by atoms with Gasteiger partial charge in [0.2, 0.25) is 0 Å². The molecule has 2 saturated carbocycles. The van der Waals surface area contributed by atoms with E-state index in [1.807, 2.05) is 6.08 Å². The van der Waals surface area contributed by atoms with Crippen LogP contribution in [0.4, 0.5) is 0 Å². The number of hydrogen-bond acceptors (Lipinski definition) is 1. The molecule has 0 amide bonds. The van der Waals surface area contributed by atoms with E-state index in [0.29, 0.717) is 0 Å². The number of hydrogen-bond donors (Lipinski definition) is 0. The lowest BCUT2D eigenvalue weighted by atomic mass is 9.68. The highest BCUT2D eigenvalue weighted by Gasteiger charge is 2.30. The highest BCUT2D eigenvalue weighted by Crippen LogP contribution is 2.42. The van der Waals surface area contributed by atoms with Crippen LogP contribution in [0.15, 0.2) is 12.2 Å². The zero-order valence-electron chi connectivity index (χ0n) is 13.2. The Labute approximate surface area is 125 Å². The third kappa shape index (κ3) is 4.65. The predicted molar refractivity (Wildman–Crippen MR) is 85.2 cm³/mol. The lowest BCUT2D eigenvalue weighted by Crippen LogP contribution is -2.25. The first kappa shape index (κ1) is 15.6. The van der Waals surface area contributed by atoms with Crippen LogP contribution in [-0.2, 0) is 0 Å². The van der Waals surface area contributed by atoms with E-state index >= 15 is 0 Å². The molecule has 0 saturated heterocycles. The largest absolute Gasteiger partial charge is 0.193 e. The van der Waals surface area contributed by atoms with Gasteiger partial charge in [-0.25, -0.2) is 0 Å². The number of rotatable bonds is 5. The minimum Gasteiger partial charge on any atom is -0.193 e. The van der Waals surface area contributed by atoms with Gasteiger partial charge >= 0.3 is 0 Å². The van der Waals surface area contributed by atoms with E-state index in [1.54, 1.807) is 6.08 Å². The number of allylic oxidation sites excluding steroid dienone is 2. The smallest absolute Gasteiger partial charge is 0.0908 e. The summed E-state index contributed by atoms with van der Waals surface area (Å²) in [5.74, 6) is 4.06. The van der Waals surface area contributed by atoms with Crippen LogP contribution in [0, 0.1) is 35.0 Å². The molecule has 1 heteroatoms. The maximum atomic E-state index is 8.48. The molecule has 112 valence electrons. The summed E-state index contributed by atoms with van der Waals surface area (Å²) in [6.07, 6.45) is 19.3. The summed E-state index contributed by atoms with van der Waals surface area (Å²) in [5, 5.41) is 8.48. The molecule has 0 aliphatic heterocycles. The van der Waals surface area contributed by atoms with Gasteiger partial charge in [0, 0.05) is 6.08 Å². The van der Waals surface area contributed by atoms with Crippen molar-refractivity contribution in [3.05, 3.63) is 12.2 Å². The van der Waals surface area contributed by atoms with Crippen molar-refractivity contribution in [3.8, 4) is 6.07 Å². The number of nitriles is 1. The van der Waals surface area contributed by atoms with Crippen LogP contribution in [0.2, 0.25) is 0 Å². The summed E-state index contributed by atoms with van der Waals surface area (Å²) in [5.41, 5.74) is 0. The molecule has 20 heavy (non-hydrogen) atoms. The Morgan fingerprint density at radius 1 is 0.900 bits per heavy atom. The third-order valence-electron chi connectivity index (χ3n) is 5.96. The summed E-state index contributed by atoms with van der Waals surface area (Å²) in [7, 11) is 0. The van der Waals surface area contributed by atoms with Crippen molar-refractivity contribution in [2.45, 2.75) is 77.6 Å². The standard InChI is InChI=1S/C19H31N/c1-2-16-7-11-18(12-8-16)19-13-9-17(10-14-19)6-4-3-5-15-20/h3,5,16-19H,2,4,6-14H2,1H3/t16-,17-,18-,19-. The van der Waals surface area contributed by atoms with Crippen LogP contribution in [0.25, 0.3) is 0 Å². The second-order valence-corrected chi connectivity index (χ2v) is 7.08. The summed E-state index contributed by atoms with van der Waals surface area (Å²) in [6, 6.07) is 2.08. The molecule has 0 unspecified atom stereocenters. The molecule has 0 aromatic rings. The van der Waals surface area contributed by atoms with Crippen LogP contribution >= 0.6 is 0 Å². The maximum absolute atomic E-state index is 8.48. The van der Waals surface area contributed by atoms with Gasteiger partial charge in [-0.3, -0.25) is 0 Å². The molecule has 2 aliphatic carbocycles. The van der Waals surface area contributed by atoms with E-state index < -0.39 is 0 Å². The van der Waals surface area contributed by atoms with Crippen molar-refractivity contribution in [1.29, 1.82) is 5.26 Å². The van der Waals surface area contributed by atoms with E-state index in [1.165, 1.54) is 64.2 Å². The molecule has 0 aromatic heterocycles. The van der Waals surface area contributed by atoms with Gasteiger partial charge in [0.15, 0.2) is 0 Å². The Kier molecular flexibility index (Phi) is 6.64. The topological polar surface area (TPSA) is 23.8 Å². The molecule has 0 N–H and O–H groups in total. The summed E-state index contributed by atoms with van der Waals surface area (Å²) in [4.78, 5) is 0. The Bertz CT molecular complexity index is 322. The van der Waals surface area contributed by atoms with Crippen molar-refractivity contribution in [2.75, 3.05) is 0 Å². The fourth-order valence-corrected chi connectivity index (χ4v) is 4.48. The van der Waals surface area contributed by atoms with Gasteiger partial charge in [-0.2, -0.15) is 5.26 Å². The molecule has 2 rings (SSSR count). The van der Waals surface area contributed by atoms with Crippen molar-refractivity contribution in [3.63, 3.8) is 0 Å². The normalized spacial score (nSPS) is 35.0. The van der Waals surface area contributed by atoms with Crippen molar-refractivity contribution in [2.24, 2.45) is 23.7 Å². The van der Waals surface area contributed by atoms with Crippen LogP contribution < -0.4 is 0 Å². The molecule has 1 nitrogen and oxygen atoms in total. The average Bonchev–Trinajstić information content (AvgIpc) is 2.52. The average molecular weight is 273 g/mol. The molecule has 0 bridgehead atoms. The molecular formula is C19H31N. The molecule has 2 aliphatic rings. The van der Waals surface area contributed by atoms with E-state index in [9.17, 15) is 0 Å². The quantitative estimate of drug-likeness (QED) is 0.575. The van der Waals surface area contributed by atoms with Crippen LogP contribution in [0.3, 0.4) is 0 Å². The lowest BCUT2D eigenvalue weighted by Gasteiger charge is -2.37. The van der Waals surface area contributed by atoms with Gasteiger partial charge in [-0.15, -0.1) is 0 Å². The monoisotopic (exact) mass is 273 g/mol. The molecule has 2 fully saturated rings. The highest BCUT2D eigenvalue weighted by molar-refractivity contribution is 5.01. The fourth-order valence-electron chi connectivity index (χ4n) is 4.48. The van der Waals surface area contributed by atoms with E-state index in [-0.39, 0.29) is 0 Å². The zero-order chi connectivity index (χ0) is 14.2. The Balaban J connectivity index is 1.64. The first-order valence-corrected chi connectivity index (χ1v) is 8.88. The van der Waals surface area contributed by atoms with Gasteiger partial charge < -0.3 is 0 Å². The zero-order valence-corrected chi connectivity index (χ0v) is 13.2. The minimum atomic E-state index is 0.932. The van der Waals surface area contributed by atoms with Crippen LogP contribution in [0.5, 0.6) is 0 Å². The summed E-state index contributed by atoms with van der Waals surface area (Å²) in [6.45, 7) is 2.36. The minimum absolute atomic E-state index is 0.932. The molecule has 0 heterocycles. The van der Waals surface area contributed by atoms with Gasteiger partial charge in [0.05, 0.1) is 6.07 Å². The lowest BCUT2D eigenvalue weighted by molar-refractivity contribution is 0.143. The maximum Gasteiger partial charge on any atom is 0.0908 e. The van der Waals surface area contributed by atoms with Crippen molar-refractivity contribution >= 4 is 0 Å². The SMILES string of the molecule is CC[C@H]1CC[C@H]([C@H]2CC[C@H](CCC=CC#N)CC2)CC1. The van der Waals surface area contributed by atoms with Crippen molar-refractivity contribution in [1.82, 2.24) is 0 Å². The molecular weight excluding hydrogens is 242 g/mol. The van der Waals surface area contributed by atoms with E-state index in [2.05, 4.69) is 13.0 Å². The first-order valence-electron chi connectivity index (χ1n) is 8.88. The van der Waals surface area contributed by atoms with Gasteiger partial charge in [0.1, 0.15) is 0 Å². The van der Waals surface area contributed by atoms with Crippen molar-refractivity contribution < 1.29 is 0 Å². The summed E-state index contributed by atoms with van der Waals surface area (Å²) < 4.78 is 0. The second kappa shape index (κ2) is 8.50. The third-order valence-corrected chi connectivity index (χ3v) is 5.96. The Morgan fingerprint density at radius 2 is 1.45 bits per heavy atom.